The average molecular weight is 239 g/mol. The molecule has 96 valence electrons. The number of rotatable bonds is 6. The molecule has 0 atom stereocenters. The molecule has 0 saturated carbocycles. The van der Waals surface area contributed by atoms with Crippen molar-refractivity contribution in [2.24, 2.45) is 7.05 Å². The fraction of sp³-hybridized carbons (Fsp3) is 0.636. The van der Waals surface area contributed by atoms with E-state index in [-0.39, 0.29) is 5.91 Å². The van der Waals surface area contributed by atoms with Gasteiger partial charge in [0, 0.05) is 13.6 Å². The number of nitrogens with zero attached hydrogens (tertiary/aromatic N) is 3. The van der Waals surface area contributed by atoms with Gasteiger partial charge in [-0.1, -0.05) is 0 Å². The van der Waals surface area contributed by atoms with Gasteiger partial charge in [-0.2, -0.15) is 5.10 Å². The molecule has 1 heterocycles. The maximum Gasteiger partial charge on any atom is 0.256 e. The van der Waals surface area contributed by atoms with E-state index in [0.29, 0.717) is 17.9 Å². The maximum absolute atomic E-state index is 11.7. The number of aromatic nitrogens is 2. The van der Waals surface area contributed by atoms with Crippen LogP contribution in [0.5, 0.6) is 0 Å². The number of hydrogen-bond donors (Lipinski definition) is 2. The van der Waals surface area contributed by atoms with Gasteiger partial charge in [0.25, 0.3) is 5.91 Å². The molecule has 0 aliphatic heterocycles. The van der Waals surface area contributed by atoms with Crippen LogP contribution in [0, 0.1) is 0 Å². The smallest absolute Gasteiger partial charge is 0.256 e. The van der Waals surface area contributed by atoms with Gasteiger partial charge in [-0.15, -0.1) is 0 Å². The van der Waals surface area contributed by atoms with Gasteiger partial charge in [-0.3, -0.25) is 9.48 Å². The summed E-state index contributed by atoms with van der Waals surface area (Å²) in [5.41, 5.74) is 6.15. The molecule has 3 N–H and O–H groups in total. The number of anilines is 1. The highest BCUT2D eigenvalue weighted by molar-refractivity contribution is 5.98. The van der Waals surface area contributed by atoms with Gasteiger partial charge < -0.3 is 16.0 Å². The molecule has 0 fully saturated rings. The Morgan fingerprint density at radius 2 is 2.24 bits per heavy atom. The van der Waals surface area contributed by atoms with E-state index in [2.05, 4.69) is 15.3 Å². The SMILES string of the molecule is CN(C)CCCCNC(=O)c1cnn(C)c1N. The Kier molecular flexibility index (Phi) is 4.96. The van der Waals surface area contributed by atoms with Crippen LogP contribution in [-0.4, -0.2) is 47.8 Å². The van der Waals surface area contributed by atoms with Crippen molar-refractivity contribution in [3.8, 4) is 0 Å². The van der Waals surface area contributed by atoms with E-state index in [1.165, 1.54) is 10.9 Å². The zero-order valence-corrected chi connectivity index (χ0v) is 10.7. The topological polar surface area (TPSA) is 76.2 Å². The normalized spacial score (nSPS) is 10.8. The summed E-state index contributed by atoms with van der Waals surface area (Å²) < 4.78 is 1.49. The van der Waals surface area contributed by atoms with E-state index in [0.717, 1.165) is 19.4 Å². The molecule has 0 spiro atoms. The lowest BCUT2D eigenvalue weighted by molar-refractivity contribution is 0.0953. The van der Waals surface area contributed by atoms with Crippen LogP contribution in [-0.2, 0) is 7.05 Å². The summed E-state index contributed by atoms with van der Waals surface area (Å²) in [5, 5.41) is 6.77. The van der Waals surface area contributed by atoms with Crippen LogP contribution in [0.15, 0.2) is 6.20 Å². The lowest BCUT2D eigenvalue weighted by Crippen LogP contribution is -2.25. The van der Waals surface area contributed by atoms with Gasteiger partial charge in [0.05, 0.1) is 6.20 Å². The Bertz CT molecular complexity index is 372. The fourth-order valence-electron chi connectivity index (χ4n) is 1.47. The van der Waals surface area contributed by atoms with Gasteiger partial charge in [-0.25, -0.2) is 0 Å². The van der Waals surface area contributed by atoms with Crippen LogP contribution in [0.2, 0.25) is 0 Å². The van der Waals surface area contributed by atoms with E-state index in [1.807, 2.05) is 14.1 Å². The van der Waals surface area contributed by atoms with Crippen LogP contribution >= 0.6 is 0 Å². The number of unbranched alkanes of at least 4 members (excludes halogenated alkanes) is 1. The zero-order valence-electron chi connectivity index (χ0n) is 10.7. The summed E-state index contributed by atoms with van der Waals surface area (Å²) >= 11 is 0. The van der Waals surface area contributed by atoms with E-state index in [1.54, 1.807) is 7.05 Å². The van der Waals surface area contributed by atoms with Crippen LogP contribution < -0.4 is 11.1 Å². The Hall–Kier alpha value is -1.56. The van der Waals surface area contributed by atoms with Crippen molar-refractivity contribution in [2.75, 3.05) is 32.9 Å². The van der Waals surface area contributed by atoms with Gasteiger partial charge in [0.15, 0.2) is 0 Å². The number of nitrogens with two attached hydrogens (primary N) is 1. The molecule has 6 nitrogen and oxygen atoms in total. The summed E-state index contributed by atoms with van der Waals surface area (Å²) in [7, 11) is 5.78. The number of carbonyl (C=O) groups is 1. The highest BCUT2D eigenvalue weighted by Gasteiger charge is 2.12. The van der Waals surface area contributed by atoms with Crippen molar-refractivity contribution in [1.29, 1.82) is 0 Å². The number of amides is 1. The Labute approximate surface area is 102 Å². The predicted octanol–water partition coefficient (Wildman–Crippen LogP) is 0.0739. The quantitative estimate of drug-likeness (QED) is 0.689. The van der Waals surface area contributed by atoms with E-state index in [9.17, 15) is 4.79 Å². The second-order valence-electron chi connectivity index (χ2n) is 4.33. The summed E-state index contributed by atoms with van der Waals surface area (Å²) in [6.07, 6.45) is 3.52. The molecule has 1 rings (SSSR count). The van der Waals surface area contributed by atoms with Crippen LogP contribution in [0.4, 0.5) is 5.82 Å². The molecule has 0 unspecified atom stereocenters. The second kappa shape index (κ2) is 6.24. The highest BCUT2D eigenvalue weighted by atomic mass is 16.1. The predicted molar refractivity (Wildman–Crippen MR) is 67.7 cm³/mol. The highest BCUT2D eigenvalue weighted by Crippen LogP contribution is 2.08. The number of nitrogen functional groups attached to an aromatic ring is 1. The van der Waals surface area contributed by atoms with Crippen molar-refractivity contribution < 1.29 is 4.79 Å². The monoisotopic (exact) mass is 239 g/mol. The molecule has 1 aromatic rings. The van der Waals surface area contributed by atoms with E-state index >= 15 is 0 Å². The number of hydrogen-bond acceptors (Lipinski definition) is 4. The average Bonchev–Trinajstić information content (AvgIpc) is 2.59. The van der Waals surface area contributed by atoms with Crippen molar-refractivity contribution >= 4 is 11.7 Å². The van der Waals surface area contributed by atoms with Crippen molar-refractivity contribution in [3.05, 3.63) is 11.8 Å². The lowest BCUT2D eigenvalue weighted by atomic mass is 10.2. The molecular weight excluding hydrogens is 218 g/mol. The molecule has 0 aliphatic rings. The lowest BCUT2D eigenvalue weighted by Gasteiger charge is -2.09. The molecule has 0 aromatic carbocycles. The van der Waals surface area contributed by atoms with Gasteiger partial charge in [-0.05, 0) is 33.5 Å². The van der Waals surface area contributed by atoms with E-state index < -0.39 is 0 Å². The number of aryl methyl sites for hydroxylation is 1. The molecule has 1 amide bonds. The van der Waals surface area contributed by atoms with Crippen molar-refractivity contribution in [3.63, 3.8) is 0 Å². The second-order valence-corrected chi connectivity index (χ2v) is 4.33. The molecule has 0 aliphatic carbocycles. The summed E-state index contributed by atoms with van der Waals surface area (Å²) in [4.78, 5) is 13.8. The fourth-order valence-corrected chi connectivity index (χ4v) is 1.47. The van der Waals surface area contributed by atoms with Crippen molar-refractivity contribution in [1.82, 2.24) is 20.0 Å². The minimum absolute atomic E-state index is 0.152. The summed E-state index contributed by atoms with van der Waals surface area (Å²) in [6.45, 7) is 1.70. The zero-order chi connectivity index (χ0) is 12.8. The Morgan fingerprint density at radius 1 is 1.53 bits per heavy atom. The molecule has 0 radical (unpaired) electrons. The first-order valence-electron chi connectivity index (χ1n) is 5.72. The molecule has 1 aromatic heterocycles. The third kappa shape index (κ3) is 4.07. The largest absolute Gasteiger partial charge is 0.383 e. The standard InChI is InChI=1S/C11H21N5O/c1-15(2)7-5-4-6-13-11(17)9-8-14-16(3)10(9)12/h8H,4-7,12H2,1-3H3,(H,13,17). The first-order chi connectivity index (χ1) is 8.02. The first kappa shape index (κ1) is 13.5. The Morgan fingerprint density at radius 3 is 2.76 bits per heavy atom. The molecule has 0 bridgehead atoms. The third-order valence-electron chi connectivity index (χ3n) is 2.55. The molecular formula is C11H21N5O. The Balaban J connectivity index is 2.28. The summed E-state index contributed by atoms with van der Waals surface area (Å²) in [5.74, 6) is 0.247. The number of nitrogens with one attached hydrogen (secondary N) is 1. The minimum Gasteiger partial charge on any atom is -0.383 e. The van der Waals surface area contributed by atoms with Gasteiger partial charge >= 0.3 is 0 Å². The van der Waals surface area contributed by atoms with Crippen LogP contribution in [0.3, 0.4) is 0 Å². The first-order valence-corrected chi connectivity index (χ1v) is 5.72. The van der Waals surface area contributed by atoms with Crippen molar-refractivity contribution in [2.45, 2.75) is 12.8 Å². The third-order valence-corrected chi connectivity index (χ3v) is 2.55. The van der Waals surface area contributed by atoms with Crippen LogP contribution in [0.25, 0.3) is 0 Å². The molecule has 0 saturated heterocycles. The minimum atomic E-state index is -0.152. The summed E-state index contributed by atoms with van der Waals surface area (Å²) in [6, 6.07) is 0. The van der Waals surface area contributed by atoms with Gasteiger partial charge in [0.1, 0.15) is 11.4 Å². The van der Waals surface area contributed by atoms with E-state index in [4.69, 9.17) is 5.73 Å². The van der Waals surface area contributed by atoms with Gasteiger partial charge in [0.2, 0.25) is 0 Å². The molecule has 6 heteroatoms. The molecule has 17 heavy (non-hydrogen) atoms. The van der Waals surface area contributed by atoms with Crippen LogP contribution in [0.1, 0.15) is 23.2 Å². The number of carbonyl (C=O) groups excluding carboxylic acids is 1. The maximum atomic E-state index is 11.7.